The lowest BCUT2D eigenvalue weighted by molar-refractivity contribution is -0.671. The van der Waals surface area contributed by atoms with Crippen molar-refractivity contribution in [3.05, 3.63) is 131 Å². The number of aryl methyl sites for hydroxylation is 1. The third kappa shape index (κ3) is 8.07. The van der Waals surface area contributed by atoms with Gasteiger partial charge in [-0.05, 0) is 56.2 Å². The summed E-state index contributed by atoms with van der Waals surface area (Å²) in [5, 5.41) is 1.51. The maximum atomic E-state index is 14.1. The first-order chi connectivity index (χ1) is 25.3. The van der Waals surface area contributed by atoms with Crippen LogP contribution in [-0.4, -0.2) is 37.8 Å². The molecule has 0 spiro atoms. The average Bonchev–Trinajstić information content (AvgIpc) is 3.15. The summed E-state index contributed by atoms with van der Waals surface area (Å²) in [6.45, 7) is 3.22. The highest BCUT2D eigenvalue weighted by atomic mass is 19.1. The van der Waals surface area contributed by atoms with E-state index in [1.165, 1.54) is 36.2 Å². The minimum atomic E-state index is -0.829. The second-order valence-electron chi connectivity index (χ2n) is 12.5. The Morgan fingerprint density at radius 3 is 2.21 bits per heavy atom. The van der Waals surface area contributed by atoms with Crippen LogP contribution in [0.25, 0.3) is 27.5 Å². The Morgan fingerprint density at radius 1 is 0.788 bits per heavy atom. The molecule has 0 aliphatic carbocycles. The number of fused-ring (bicyclic) bond motifs is 2. The van der Waals surface area contributed by atoms with Gasteiger partial charge in [0, 0.05) is 78.1 Å². The van der Waals surface area contributed by atoms with Gasteiger partial charge in [0.1, 0.15) is 41.0 Å². The molecular weight excluding hydrogens is 664 g/mol. The number of methoxy groups -OCH3 is 2. The molecule has 6 rings (SSSR count). The molecule has 52 heavy (non-hydrogen) atoms. The van der Waals surface area contributed by atoms with Crippen molar-refractivity contribution in [2.45, 2.75) is 45.6 Å². The topological polar surface area (TPSA) is 73.9 Å². The van der Waals surface area contributed by atoms with Crippen molar-refractivity contribution >= 4 is 33.4 Å². The normalized spacial score (nSPS) is 11.2. The lowest BCUT2D eigenvalue weighted by Gasteiger charge is -2.22. The molecule has 10 heteroatoms. The van der Waals surface area contributed by atoms with Crippen LogP contribution in [0.5, 0.6) is 17.2 Å². The fraction of sp³-hybridized carbons (Fsp3) is 0.262. The minimum Gasteiger partial charge on any atom is -0.497 e. The molecule has 0 saturated carbocycles. The second kappa shape index (κ2) is 16.5. The quantitative estimate of drug-likeness (QED) is 0.0792. The van der Waals surface area contributed by atoms with E-state index in [0.717, 1.165) is 56.8 Å². The van der Waals surface area contributed by atoms with E-state index in [1.807, 2.05) is 0 Å². The first kappa shape index (κ1) is 36.0. The Bertz CT molecular complexity index is 2220. The van der Waals surface area contributed by atoms with Gasteiger partial charge >= 0.3 is 0 Å². The van der Waals surface area contributed by atoms with E-state index in [0.29, 0.717) is 35.1 Å². The third-order valence-electron chi connectivity index (χ3n) is 9.14. The molecule has 0 radical (unpaired) electrons. The summed E-state index contributed by atoms with van der Waals surface area (Å²) >= 11 is 0. The summed E-state index contributed by atoms with van der Waals surface area (Å²) in [6.07, 6.45) is 8.79. The van der Waals surface area contributed by atoms with Gasteiger partial charge in [-0.2, -0.15) is 4.57 Å². The van der Waals surface area contributed by atoms with Crippen molar-refractivity contribution in [1.29, 1.82) is 0 Å². The summed E-state index contributed by atoms with van der Waals surface area (Å²) in [4.78, 5) is 29.1. The lowest BCUT2D eigenvalue weighted by atomic mass is 10.1. The minimum absolute atomic E-state index is 0.00606. The summed E-state index contributed by atoms with van der Waals surface area (Å²) in [6, 6.07) is 25.9. The van der Waals surface area contributed by atoms with Gasteiger partial charge in [0.15, 0.2) is 6.20 Å². The molecule has 0 aliphatic rings. The van der Waals surface area contributed by atoms with E-state index in [1.54, 1.807) is 47.9 Å². The molecule has 8 nitrogen and oxygen atoms in total. The number of benzene rings is 4. The van der Waals surface area contributed by atoms with E-state index in [9.17, 15) is 18.4 Å². The highest BCUT2D eigenvalue weighted by molar-refractivity contribution is 6.07. The Kier molecular flexibility index (Phi) is 11.4. The van der Waals surface area contributed by atoms with Crippen LogP contribution in [0.3, 0.4) is 0 Å². The summed E-state index contributed by atoms with van der Waals surface area (Å²) in [7, 11) is 3.06. The molecular formula is C42H42F2N3O5+. The molecule has 0 fully saturated rings. The maximum Gasteiger partial charge on any atom is 0.263 e. The van der Waals surface area contributed by atoms with Crippen molar-refractivity contribution < 1.29 is 32.4 Å². The number of halogens is 2. The molecule has 6 aromatic rings. The molecule has 0 bridgehead atoms. The van der Waals surface area contributed by atoms with E-state index >= 15 is 0 Å². The third-order valence-corrected chi connectivity index (χ3v) is 9.14. The van der Waals surface area contributed by atoms with Crippen LogP contribution in [0, 0.1) is 11.6 Å². The van der Waals surface area contributed by atoms with Gasteiger partial charge in [-0.25, -0.2) is 8.78 Å². The van der Waals surface area contributed by atoms with Crippen LogP contribution in [0.2, 0.25) is 0 Å². The molecule has 4 aromatic carbocycles. The first-order valence-corrected chi connectivity index (χ1v) is 17.5. The number of anilines is 1. The van der Waals surface area contributed by atoms with Crippen molar-refractivity contribution in [2.75, 3.05) is 32.3 Å². The molecule has 2 aromatic heterocycles. The van der Waals surface area contributed by atoms with Crippen LogP contribution in [0.15, 0.2) is 108 Å². The molecule has 2 heterocycles. The monoisotopic (exact) mass is 706 g/mol. The van der Waals surface area contributed by atoms with Crippen LogP contribution in [0.4, 0.5) is 14.5 Å². The number of unbranched alkanes of at least 4 members (excludes halogenated alkanes) is 4. The number of carbonyl (C=O) groups is 1. The number of para-hydroxylation sites is 1. The van der Waals surface area contributed by atoms with Crippen molar-refractivity contribution in [2.24, 2.45) is 0 Å². The Morgan fingerprint density at radius 2 is 1.48 bits per heavy atom. The van der Waals surface area contributed by atoms with Gasteiger partial charge in [0.05, 0.1) is 32.0 Å². The number of nitrogens with zero attached hydrogens (tertiary/aromatic N) is 3. The number of rotatable bonds is 15. The number of ether oxygens (including phenoxy) is 3. The standard InChI is InChI=1S/C42H42F2N3O5/c1-4-46(32-22-30(43)21-31(44)23-32)42(49)38-28-47(33-24-35(50-2)26-36(25-33)51-3)40-27-34(16-17-37(40)41(38)48)52-20-11-7-5-6-10-18-45-19-12-14-29-13-8-9-15-39(29)45/h8-9,12-17,19,21-28H,4-7,10-11,18,20H2,1-3H3/q+1. The Balaban J connectivity index is 1.20. The molecule has 0 atom stereocenters. The first-order valence-electron chi connectivity index (χ1n) is 17.5. The fourth-order valence-corrected chi connectivity index (χ4v) is 6.50. The Hall–Kier alpha value is -5.77. The van der Waals surface area contributed by atoms with Gasteiger partial charge in [-0.15, -0.1) is 0 Å². The van der Waals surface area contributed by atoms with E-state index in [4.69, 9.17) is 14.2 Å². The number of pyridine rings is 2. The number of aromatic nitrogens is 2. The zero-order valence-corrected chi connectivity index (χ0v) is 29.6. The number of hydrogen-bond acceptors (Lipinski definition) is 5. The van der Waals surface area contributed by atoms with Crippen LogP contribution >= 0.6 is 0 Å². The number of hydrogen-bond donors (Lipinski definition) is 0. The van der Waals surface area contributed by atoms with Gasteiger partial charge < -0.3 is 23.7 Å². The average molecular weight is 707 g/mol. The number of amides is 1. The fourth-order valence-electron chi connectivity index (χ4n) is 6.50. The molecule has 0 aliphatic heterocycles. The second-order valence-corrected chi connectivity index (χ2v) is 12.5. The van der Waals surface area contributed by atoms with E-state index < -0.39 is 23.0 Å². The maximum absolute atomic E-state index is 14.1. The predicted molar refractivity (Wildman–Crippen MR) is 199 cm³/mol. The SMILES string of the molecule is CCN(C(=O)c1cn(-c2cc(OC)cc(OC)c2)c2cc(OCCCCCCC[n+]3cccc4ccccc43)ccc2c1=O)c1cc(F)cc(F)c1. The van der Waals surface area contributed by atoms with E-state index in [-0.39, 0.29) is 23.2 Å². The number of carbonyl (C=O) groups excluding carboxylic acids is 1. The van der Waals surface area contributed by atoms with Gasteiger partial charge in [-0.1, -0.05) is 25.0 Å². The van der Waals surface area contributed by atoms with Gasteiger partial charge in [0.25, 0.3) is 5.91 Å². The Labute approximate surface area is 301 Å². The molecule has 0 saturated heterocycles. The molecule has 0 N–H and O–H groups in total. The van der Waals surface area contributed by atoms with Gasteiger partial charge in [0.2, 0.25) is 10.9 Å². The van der Waals surface area contributed by atoms with Crippen molar-refractivity contribution in [3.8, 4) is 22.9 Å². The van der Waals surface area contributed by atoms with E-state index in [2.05, 4.69) is 47.2 Å². The molecule has 1 amide bonds. The smallest absolute Gasteiger partial charge is 0.263 e. The summed E-state index contributed by atoms with van der Waals surface area (Å²) in [5.41, 5.74) is 1.62. The molecule has 0 unspecified atom stereocenters. The zero-order valence-electron chi connectivity index (χ0n) is 29.6. The van der Waals surface area contributed by atoms with Crippen molar-refractivity contribution in [1.82, 2.24) is 4.57 Å². The van der Waals surface area contributed by atoms with Crippen molar-refractivity contribution in [3.63, 3.8) is 0 Å². The zero-order chi connectivity index (χ0) is 36.6. The predicted octanol–water partition coefficient (Wildman–Crippen LogP) is 8.42. The highest BCUT2D eigenvalue weighted by Crippen LogP contribution is 2.30. The van der Waals surface area contributed by atoms with Crippen LogP contribution in [0.1, 0.15) is 49.4 Å². The summed E-state index contributed by atoms with van der Waals surface area (Å²) in [5.74, 6) is -0.773. The highest BCUT2D eigenvalue weighted by Gasteiger charge is 2.24. The molecule has 268 valence electrons. The van der Waals surface area contributed by atoms with Gasteiger partial charge in [-0.3, -0.25) is 9.59 Å². The lowest BCUT2D eigenvalue weighted by Crippen LogP contribution is -2.35. The summed E-state index contributed by atoms with van der Waals surface area (Å²) < 4.78 is 49.5. The largest absolute Gasteiger partial charge is 0.497 e. The van der Waals surface area contributed by atoms with Crippen LogP contribution < -0.4 is 29.1 Å². The van der Waals surface area contributed by atoms with Crippen LogP contribution in [-0.2, 0) is 6.54 Å².